The summed E-state index contributed by atoms with van der Waals surface area (Å²) >= 11 is 0. The molecule has 1 aliphatic heterocycles. The van der Waals surface area contributed by atoms with Crippen molar-refractivity contribution in [3.05, 3.63) is 11.8 Å². The normalized spacial score (nSPS) is 26.6. The van der Waals surface area contributed by atoms with Crippen molar-refractivity contribution in [3.63, 3.8) is 0 Å². The minimum absolute atomic E-state index is 0.000626. The average Bonchev–Trinajstić information content (AvgIpc) is 2.29. The zero-order valence-corrected chi connectivity index (χ0v) is 9.03. The van der Waals surface area contributed by atoms with Gasteiger partial charge in [0.25, 0.3) is 0 Å². The third-order valence-corrected chi connectivity index (χ3v) is 3.28. The van der Waals surface area contributed by atoms with E-state index in [2.05, 4.69) is 10.6 Å². The minimum Gasteiger partial charge on any atom is -0.477 e. The van der Waals surface area contributed by atoms with Gasteiger partial charge in [-0.2, -0.15) is 0 Å². The quantitative estimate of drug-likeness (QED) is 0.659. The number of carbonyl (C=O) groups is 2. The summed E-state index contributed by atoms with van der Waals surface area (Å²) < 4.78 is 0. The molecule has 1 aliphatic carbocycles. The smallest absolute Gasteiger partial charge is 0.352 e. The highest BCUT2D eigenvalue weighted by Gasteiger charge is 2.28. The standard InChI is InChI=1S/C11H16N2O3/c14-10(15)9-6-8(12-11(16)13-9)7-4-2-1-3-5-7/h6-8H,1-5H2,(H,14,15)(H2,12,13,16)/t8-/m1/s1. The van der Waals surface area contributed by atoms with E-state index in [9.17, 15) is 9.59 Å². The van der Waals surface area contributed by atoms with Gasteiger partial charge in [0, 0.05) is 0 Å². The van der Waals surface area contributed by atoms with Crippen LogP contribution in [0.15, 0.2) is 11.8 Å². The lowest BCUT2D eigenvalue weighted by Crippen LogP contribution is -2.50. The average molecular weight is 224 g/mol. The number of nitrogens with one attached hydrogen (secondary N) is 2. The molecule has 16 heavy (non-hydrogen) atoms. The zero-order valence-electron chi connectivity index (χ0n) is 9.03. The predicted molar refractivity (Wildman–Crippen MR) is 57.7 cm³/mol. The first-order valence-electron chi connectivity index (χ1n) is 5.69. The fraction of sp³-hybridized carbons (Fsp3) is 0.636. The van der Waals surface area contributed by atoms with Crippen LogP contribution in [0.3, 0.4) is 0 Å². The van der Waals surface area contributed by atoms with E-state index in [-0.39, 0.29) is 11.7 Å². The first-order valence-corrected chi connectivity index (χ1v) is 5.69. The maximum atomic E-state index is 11.3. The van der Waals surface area contributed by atoms with Crippen molar-refractivity contribution in [2.75, 3.05) is 0 Å². The summed E-state index contributed by atoms with van der Waals surface area (Å²) in [4.78, 5) is 22.1. The summed E-state index contributed by atoms with van der Waals surface area (Å²) in [7, 11) is 0. The number of hydrogen-bond donors (Lipinski definition) is 3. The molecule has 1 heterocycles. The number of hydrogen-bond acceptors (Lipinski definition) is 2. The van der Waals surface area contributed by atoms with Gasteiger partial charge < -0.3 is 15.7 Å². The highest BCUT2D eigenvalue weighted by atomic mass is 16.4. The number of urea groups is 1. The summed E-state index contributed by atoms with van der Waals surface area (Å²) in [5, 5.41) is 13.9. The van der Waals surface area contributed by atoms with Gasteiger partial charge in [-0.1, -0.05) is 19.3 Å². The lowest BCUT2D eigenvalue weighted by Gasteiger charge is -2.31. The van der Waals surface area contributed by atoms with Gasteiger partial charge in [0.05, 0.1) is 6.04 Å². The van der Waals surface area contributed by atoms with Gasteiger partial charge in [-0.3, -0.25) is 0 Å². The van der Waals surface area contributed by atoms with E-state index in [4.69, 9.17) is 5.11 Å². The molecular weight excluding hydrogens is 208 g/mol. The Balaban J connectivity index is 2.10. The van der Waals surface area contributed by atoms with Crippen molar-refractivity contribution >= 4 is 12.0 Å². The Bertz CT molecular complexity index is 332. The number of carbonyl (C=O) groups excluding carboxylic acids is 1. The van der Waals surface area contributed by atoms with E-state index in [1.54, 1.807) is 6.08 Å². The molecule has 5 nitrogen and oxygen atoms in total. The van der Waals surface area contributed by atoms with Crippen LogP contribution in [-0.4, -0.2) is 23.1 Å². The van der Waals surface area contributed by atoms with Crippen LogP contribution in [0.25, 0.3) is 0 Å². The molecule has 2 rings (SSSR count). The van der Waals surface area contributed by atoms with Crippen molar-refractivity contribution in [1.82, 2.24) is 10.6 Å². The number of carboxylic acids is 1. The number of rotatable bonds is 2. The first-order chi connectivity index (χ1) is 7.66. The predicted octanol–water partition coefficient (Wildman–Crippen LogP) is 1.22. The zero-order chi connectivity index (χ0) is 11.5. The van der Waals surface area contributed by atoms with Crippen LogP contribution in [0.4, 0.5) is 4.79 Å². The minimum atomic E-state index is -1.07. The molecule has 5 heteroatoms. The highest BCUT2D eigenvalue weighted by molar-refractivity contribution is 5.93. The molecule has 0 aromatic rings. The Morgan fingerprint density at radius 1 is 1.31 bits per heavy atom. The second-order valence-electron chi connectivity index (χ2n) is 4.41. The van der Waals surface area contributed by atoms with Crippen LogP contribution in [0.1, 0.15) is 32.1 Å². The molecule has 0 spiro atoms. The van der Waals surface area contributed by atoms with Gasteiger partial charge in [0.15, 0.2) is 0 Å². The largest absolute Gasteiger partial charge is 0.477 e. The Morgan fingerprint density at radius 2 is 2.00 bits per heavy atom. The third-order valence-electron chi connectivity index (χ3n) is 3.28. The molecule has 0 aromatic carbocycles. The number of aliphatic carboxylic acids is 1. The van der Waals surface area contributed by atoms with Gasteiger partial charge in [-0.15, -0.1) is 0 Å². The summed E-state index contributed by atoms with van der Waals surface area (Å²) in [6, 6.07) is -0.532. The van der Waals surface area contributed by atoms with Crippen molar-refractivity contribution < 1.29 is 14.7 Å². The van der Waals surface area contributed by atoms with E-state index in [1.165, 1.54) is 19.3 Å². The number of amides is 2. The number of carboxylic acid groups (broad SMARTS) is 1. The van der Waals surface area contributed by atoms with Crippen LogP contribution in [0.5, 0.6) is 0 Å². The van der Waals surface area contributed by atoms with Crippen LogP contribution in [0.2, 0.25) is 0 Å². The SMILES string of the molecule is O=C1NC(C(=O)O)=C[C@H](C2CCCCC2)N1. The molecule has 88 valence electrons. The Morgan fingerprint density at radius 3 is 2.62 bits per heavy atom. The van der Waals surface area contributed by atoms with E-state index in [0.717, 1.165) is 12.8 Å². The van der Waals surface area contributed by atoms with E-state index >= 15 is 0 Å². The van der Waals surface area contributed by atoms with Crippen LogP contribution < -0.4 is 10.6 Å². The molecule has 0 radical (unpaired) electrons. The fourth-order valence-corrected chi connectivity index (χ4v) is 2.44. The van der Waals surface area contributed by atoms with E-state index in [0.29, 0.717) is 5.92 Å². The second kappa shape index (κ2) is 4.55. The molecule has 0 unspecified atom stereocenters. The molecule has 1 atom stereocenters. The molecule has 2 amide bonds. The summed E-state index contributed by atoms with van der Waals surface area (Å²) in [6.45, 7) is 0. The molecule has 0 aromatic heterocycles. The van der Waals surface area contributed by atoms with Crippen molar-refractivity contribution in [2.24, 2.45) is 5.92 Å². The summed E-state index contributed by atoms with van der Waals surface area (Å²) in [5.41, 5.74) is -0.000626. The van der Waals surface area contributed by atoms with Crippen LogP contribution in [-0.2, 0) is 4.79 Å². The monoisotopic (exact) mass is 224 g/mol. The first kappa shape index (κ1) is 11.0. The lowest BCUT2D eigenvalue weighted by atomic mass is 9.83. The van der Waals surface area contributed by atoms with Gasteiger partial charge in [-0.05, 0) is 24.8 Å². The lowest BCUT2D eigenvalue weighted by molar-refractivity contribution is -0.133. The Labute approximate surface area is 93.9 Å². The fourth-order valence-electron chi connectivity index (χ4n) is 2.44. The van der Waals surface area contributed by atoms with Crippen molar-refractivity contribution in [2.45, 2.75) is 38.1 Å². The molecule has 3 N–H and O–H groups in total. The van der Waals surface area contributed by atoms with Crippen molar-refractivity contribution in [1.29, 1.82) is 0 Å². The van der Waals surface area contributed by atoms with Crippen LogP contribution in [0, 0.1) is 5.92 Å². The van der Waals surface area contributed by atoms with Crippen LogP contribution >= 0.6 is 0 Å². The molecule has 0 saturated heterocycles. The molecule has 1 saturated carbocycles. The van der Waals surface area contributed by atoms with Crippen molar-refractivity contribution in [3.8, 4) is 0 Å². The molecule has 1 fully saturated rings. The molecular formula is C11H16N2O3. The van der Waals surface area contributed by atoms with E-state index < -0.39 is 12.0 Å². The maximum Gasteiger partial charge on any atom is 0.352 e. The molecule has 0 bridgehead atoms. The maximum absolute atomic E-state index is 11.3. The van der Waals surface area contributed by atoms with Gasteiger partial charge in [-0.25, -0.2) is 9.59 Å². The second-order valence-corrected chi connectivity index (χ2v) is 4.41. The van der Waals surface area contributed by atoms with Gasteiger partial charge in [0.1, 0.15) is 5.70 Å². The Kier molecular flexibility index (Phi) is 3.12. The third kappa shape index (κ3) is 2.35. The molecule has 2 aliphatic rings. The summed E-state index contributed by atoms with van der Waals surface area (Å²) in [5.74, 6) is -0.690. The van der Waals surface area contributed by atoms with Gasteiger partial charge >= 0.3 is 12.0 Å². The van der Waals surface area contributed by atoms with Gasteiger partial charge in [0.2, 0.25) is 0 Å². The highest BCUT2D eigenvalue weighted by Crippen LogP contribution is 2.28. The Hall–Kier alpha value is -1.52. The summed E-state index contributed by atoms with van der Waals surface area (Å²) in [6.07, 6.45) is 7.33. The van der Waals surface area contributed by atoms with E-state index in [1.807, 2.05) is 0 Å². The topological polar surface area (TPSA) is 78.4 Å².